The SMILES string of the molecule is CO/C=C(\c1ccc(Cl)cc1)c1ccccc1C(=O)Nc1ccccc1. The summed E-state index contributed by atoms with van der Waals surface area (Å²) in [5, 5.41) is 3.58. The molecular formula is C22H18ClNO2. The molecule has 3 rings (SSSR count). The van der Waals surface area contributed by atoms with Crippen molar-refractivity contribution in [3.63, 3.8) is 0 Å². The number of rotatable bonds is 5. The molecule has 0 aliphatic heterocycles. The van der Waals surface area contributed by atoms with Crippen LogP contribution in [0.25, 0.3) is 5.57 Å². The molecule has 0 aliphatic rings. The van der Waals surface area contributed by atoms with Gasteiger partial charge in [0.05, 0.1) is 13.4 Å². The van der Waals surface area contributed by atoms with E-state index in [0.717, 1.165) is 22.4 Å². The first-order valence-corrected chi connectivity index (χ1v) is 8.51. The summed E-state index contributed by atoms with van der Waals surface area (Å²) in [5.41, 5.74) is 3.81. The summed E-state index contributed by atoms with van der Waals surface area (Å²) >= 11 is 6.00. The van der Waals surface area contributed by atoms with Gasteiger partial charge in [-0.3, -0.25) is 4.79 Å². The lowest BCUT2D eigenvalue weighted by molar-refractivity contribution is 0.102. The third-order valence-electron chi connectivity index (χ3n) is 3.88. The number of amides is 1. The molecule has 130 valence electrons. The molecule has 0 aromatic heterocycles. The average Bonchev–Trinajstić information content (AvgIpc) is 2.68. The molecule has 0 heterocycles. The smallest absolute Gasteiger partial charge is 0.256 e. The van der Waals surface area contributed by atoms with Gasteiger partial charge in [0, 0.05) is 21.8 Å². The van der Waals surface area contributed by atoms with Crippen LogP contribution in [0.2, 0.25) is 5.02 Å². The van der Waals surface area contributed by atoms with Crippen molar-refractivity contribution in [2.45, 2.75) is 0 Å². The molecule has 3 aromatic carbocycles. The molecule has 0 radical (unpaired) electrons. The molecule has 3 aromatic rings. The summed E-state index contributed by atoms with van der Waals surface area (Å²) in [6.07, 6.45) is 1.64. The highest BCUT2D eigenvalue weighted by Gasteiger charge is 2.16. The zero-order chi connectivity index (χ0) is 18.4. The Bertz CT molecular complexity index is 918. The highest BCUT2D eigenvalue weighted by atomic mass is 35.5. The number of ether oxygens (including phenoxy) is 1. The number of benzene rings is 3. The maximum atomic E-state index is 12.8. The molecule has 0 fully saturated rings. The minimum Gasteiger partial charge on any atom is -0.504 e. The number of anilines is 1. The minimum atomic E-state index is -0.178. The van der Waals surface area contributed by atoms with Gasteiger partial charge in [-0.05, 0) is 41.5 Å². The second-order valence-electron chi connectivity index (χ2n) is 5.64. The number of carbonyl (C=O) groups is 1. The van der Waals surface area contributed by atoms with Crippen molar-refractivity contribution in [1.82, 2.24) is 0 Å². The van der Waals surface area contributed by atoms with Gasteiger partial charge in [-0.25, -0.2) is 0 Å². The lowest BCUT2D eigenvalue weighted by Crippen LogP contribution is -2.14. The van der Waals surface area contributed by atoms with Crippen molar-refractivity contribution in [2.24, 2.45) is 0 Å². The van der Waals surface area contributed by atoms with Gasteiger partial charge >= 0.3 is 0 Å². The van der Waals surface area contributed by atoms with E-state index in [1.165, 1.54) is 0 Å². The van der Waals surface area contributed by atoms with Gasteiger partial charge in [0.15, 0.2) is 0 Å². The summed E-state index contributed by atoms with van der Waals surface area (Å²) in [6, 6.07) is 24.2. The van der Waals surface area contributed by atoms with Gasteiger partial charge in [-0.15, -0.1) is 0 Å². The molecule has 0 spiro atoms. The molecule has 0 bridgehead atoms. The van der Waals surface area contributed by atoms with Crippen LogP contribution in [0.1, 0.15) is 21.5 Å². The zero-order valence-corrected chi connectivity index (χ0v) is 15.0. The molecule has 26 heavy (non-hydrogen) atoms. The summed E-state index contributed by atoms with van der Waals surface area (Å²) in [6.45, 7) is 0. The van der Waals surface area contributed by atoms with Gasteiger partial charge in [0.25, 0.3) is 5.91 Å². The van der Waals surface area contributed by atoms with Crippen LogP contribution in [0.4, 0.5) is 5.69 Å². The molecule has 1 amide bonds. The lowest BCUT2D eigenvalue weighted by atomic mass is 9.94. The van der Waals surface area contributed by atoms with Crippen molar-refractivity contribution in [2.75, 3.05) is 12.4 Å². The van der Waals surface area contributed by atoms with Crippen LogP contribution >= 0.6 is 11.6 Å². The molecule has 0 atom stereocenters. The first-order valence-electron chi connectivity index (χ1n) is 8.14. The van der Waals surface area contributed by atoms with E-state index in [-0.39, 0.29) is 5.91 Å². The van der Waals surface area contributed by atoms with Crippen LogP contribution in [0, 0.1) is 0 Å². The Hall–Kier alpha value is -3.04. The average molecular weight is 364 g/mol. The van der Waals surface area contributed by atoms with Crippen molar-refractivity contribution in [3.05, 3.63) is 107 Å². The van der Waals surface area contributed by atoms with Gasteiger partial charge < -0.3 is 10.1 Å². The van der Waals surface area contributed by atoms with E-state index in [4.69, 9.17) is 16.3 Å². The Balaban J connectivity index is 2.00. The number of hydrogen-bond donors (Lipinski definition) is 1. The molecule has 1 N–H and O–H groups in total. The van der Waals surface area contributed by atoms with Crippen molar-refractivity contribution in [1.29, 1.82) is 0 Å². The normalized spacial score (nSPS) is 11.1. The fraction of sp³-hybridized carbons (Fsp3) is 0.0455. The van der Waals surface area contributed by atoms with Gasteiger partial charge in [0.2, 0.25) is 0 Å². The van der Waals surface area contributed by atoms with E-state index in [9.17, 15) is 4.79 Å². The number of nitrogens with one attached hydrogen (secondary N) is 1. The molecule has 0 saturated heterocycles. The summed E-state index contributed by atoms with van der Waals surface area (Å²) in [4.78, 5) is 12.8. The maximum Gasteiger partial charge on any atom is 0.256 e. The van der Waals surface area contributed by atoms with E-state index in [1.54, 1.807) is 19.4 Å². The van der Waals surface area contributed by atoms with Crippen LogP contribution in [0.15, 0.2) is 85.1 Å². The molecular weight excluding hydrogens is 346 g/mol. The molecule has 0 unspecified atom stereocenters. The van der Waals surface area contributed by atoms with Crippen molar-refractivity contribution < 1.29 is 9.53 Å². The molecule has 3 nitrogen and oxygen atoms in total. The predicted molar refractivity (Wildman–Crippen MR) is 106 cm³/mol. The van der Waals surface area contributed by atoms with Crippen LogP contribution < -0.4 is 5.32 Å². The summed E-state index contributed by atoms with van der Waals surface area (Å²) < 4.78 is 5.27. The van der Waals surface area contributed by atoms with Crippen LogP contribution in [-0.4, -0.2) is 13.0 Å². The summed E-state index contributed by atoms with van der Waals surface area (Å²) in [5.74, 6) is -0.178. The highest BCUT2D eigenvalue weighted by Crippen LogP contribution is 2.28. The van der Waals surface area contributed by atoms with E-state index < -0.39 is 0 Å². The molecule has 4 heteroatoms. The fourth-order valence-corrected chi connectivity index (χ4v) is 2.80. The van der Waals surface area contributed by atoms with E-state index in [0.29, 0.717) is 10.6 Å². The second-order valence-corrected chi connectivity index (χ2v) is 6.08. The third kappa shape index (κ3) is 4.13. The Labute approximate surface area is 157 Å². The number of halogens is 1. The van der Waals surface area contributed by atoms with Crippen LogP contribution in [-0.2, 0) is 4.74 Å². The quantitative estimate of drug-likeness (QED) is 0.597. The van der Waals surface area contributed by atoms with Crippen molar-refractivity contribution >= 4 is 28.8 Å². The number of methoxy groups -OCH3 is 1. The van der Waals surface area contributed by atoms with Gasteiger partial charge in [-0.1, -0.05) is 60.1 Å². The van der Waals surface area contributed by atoms with E-state index >= 15 is 0 Å². The van der Waals surface area contributed by atoms with Crippen LogP contribution in [0.5, 0.6) is 0 Å². The zero-order valence-electron chi connectivity index (χ0n) is 14.3. The van der Waals surface area contributed by atoms with Crippen LogP contribution in [0.3, 0.4) is 0 Å². The number of para-hydroxylation sites is 1. The van der Waals surface area contributed by atoms with Gasteiger partial charge in [0.1, 0.15) is 0 Å². The fourth-order valence-electron chi connectivity index (χ4n) is 2.67. The Morgan fingerprint density at radius 2 is 1.50 bits per heavy atom. The monoisotopic (exact) mass is 363 g/mol. The maximum absolute atomic E-state index is 12.8. The topological polar surface area (TPSA) is 38.3 Å². The number of hydrogen-bond acceptors (Lipinski definition) is 2. The first-order chi connectivity index (χ1) is 12.7. The number of carbonyl (C=O) groups excluding carboxylic acids is 1. The highest BCUT2D eigenvalue weighted by molar-refractivity contribution is 6.30. The van der Waals surface area contributed by atoms with E-state index in [1.807, 2.05) is 72.8 Å². The van der Waals surface area contributed by atoms with E-state index in [2.05, 4.69) is 5.32 Å². The molecule has 0 saturated carbocycles. The van der Waals surface area contributed by atoms with Crippen molar-refractivity contribution in [3.8, 4) is 0 Å². The van der Waals surface area contributed by atoms with Gasteiger partial charge in [-0.2, -0.15) is 0 Å². The Morgan fingerprint density at radius 1 is 0.885 bits per heavy atom. The molecule has 0 aliphatic carbocycles. The Morgan fingerprint density at radius 3 is 2.15 bits per heavy atom. The summed E-state index contributed by atoms with van der Waals surface area (Å²) in [7, 11) is 1.59. The predicted octanol–water partition coefficient (Wildman–Crippen LogP) is 5.63. The minimum absolute atomic E-state index is 0.178. The third-order valence-corrected chi connectivity index (χ3v) is 4.14. The lowest BCUT2D eigenvalue weighted by Gasteiger charge is -2.14. The Kier molecular flexibility index (Phi) is 5.72. The standard InChI is InChI=1S/C22H18ClNO2/c1-26-15-21(16-11-13-17(23)14-12-16)19-9-5-6-10-20(19)22(25)24-18-7-3-2-4-8-18/h2-15H,1H3,(H,24,25)/b21-15+. The second kappa shape index (κ2) is 8.37. The first kappa shape index (κ1) is 17.8. The largest absolute Gasteiger partial charge is 0.504 e.